The fourth-order valence-electron chi connectivity index (χ4n) is 0.836. The number of hydrogen-bond donors (Lipinski definition) is 1. The van der Waals surface area contributed by atoms with Crippen LogP contribution in [0.5, 0.6) is 0 Å². The Hall–Kier alpha value is -0.980. The zero-order chi connectivity index (χ0) is 9.98. The molecule has 0 spiro atoms. The summed E-state index contributed by atoms with van der Waals surface area (Å²) in [6.07, 6.45) is 5.80. The topological polar surface area (TPSA) is 12.0 Å². The lowest BCUT2D eigenvalue weighted by atomic mass is 10.2. The molecule has 1 heteroatoms. The summed E-state index contributed by atoms with van der Waals surface area (Å²) in [5.74, 6) is 0. The second-order valence-corrected chi connectivity index (χ2v) is 2.04. The van der Waals surface area contributed by atoms with Crippen LogP contribution in [0.4, 0.5) is 0 Å². The van der Waals surface area contributed by atoms with Crippen LogP contribution in [0.3, 0.4) is 0 Å². The summed E-state index contributed by atoms with van der Waals surface area (Å²) in [4.78, 5) is 0. The van der Waals surface area contributed by atoms with Crippen molar-refractivity contribution in [2.75, 3.05) is 7.05 Å². The molecule has 0 amide bonds. The fraction of sp³-hybridized carbons (Fsp3) is 0.455. The lowest BCUT2D eigenvalue weighted by molar-refractivity contribution is 0.993. The van der Waals surface area contributed by atoms with Crippen LogP contribution >= 0.6 is 0 Å². The molecule has 0 fully saturated rings. The SMILES string of the molecule is C=C/C=C(C)\C(=C/C)NC.CC. The van der Waals surface area contributed by atoms with E-state index in [1.807, 2.05) is 46.9 Å². The normalized spacial score (nSPS) is 11.4. The summed E-state index contributed by atoms with van der Waals surface area (Å²) in [5, 5.41) is 3.08. The van der Waals surface area contributed by atoms with Gasteiger partial charge in [0.15, 0.2) is 0 Å². The molecule has 1 nitrogen and oxygen atoms in total. The molecule has 0 saturated heterocycles. The molecular formula is C11H21N. The Morgan fingerprint density at radius 2 is 1.83 bits per heavy atom. The number of nitrogens with one attached hydrogen (secondary N) is 1. The highest BCUT2D eigenvalue weighted by molar-refractivity contribution is 5.29. The highest BCUT2D eigenvalue weighted by Crippen LogP contribution is 2.03. The molecule has 0 aliphatic rings. The first-order chi connectivity index (χ1) is 5.76. The van der Waals surface area contributed by atoms with Gasteiger partial charge in [-0.2, -0.15) is 0 Å². The third kappa shape index (κ3) is 5.78. The summed E-state index contributed by atoms with van der Waals surface area (Å²) in [6, 6.07) is 0. The molecule has 0 aromatic rings. The molecule has 1 N–H and O–H groups in total. The maximum Gasteiger partial charge on any atom is 0.0323 e. The number of likely N-dealkylation sites (N-methyl/N-ethyl adjacent to an activating group) is 1. The smallest absolute Gasteiger partial charge is 0.0323 e. The van der Waals surface area contributed by atoms with E-state index >= 15 is 0 Å². The Kier molecular flexibility index (Phi) is 11.4. The van der Waals surface area contributed by atoms with Gasteiger partial charge >= 0.3 is 0 Å². The quantitative estimate of drug-likeness (QED) is 0.636. The third-order valence-corrected chi connectivity index (χ3v) is 1.35. The molecule has 0 unspecified atom stereocenters. The van der Waals surface area contributed by atoms with Gasteiger partial charge in [0, 0.05) is 12.7 Å². The monoisotopic (exact) mass is 167 g/mol. The van der Waals surface area contributed by atoms with Gasteiger partial charge in [-0.1, -0.05) is 38.7 Å². The van der Waals surface area contributed by atoms with Gasteiger partial charge in [-0.05, 0) is 19.4 Å². The maximum absolute atomic E-state index is 3.62. The van der Waals surface area contributed by atoms with Gasteiger partial charge in [0.05, 0.1) is 0 Å². The van der Waals surface area contributed by atoms with E-state index in [0.29, 0.717) is 0 Å². The van der Waals surface area contributed by atoms with Crippen LogP contribution in [-0.2, 0) is 0 Å². The van der Waals surface area contributed by atoms with Crippen LogP contribution in [0.2, 0.25) is 0 Å². The first kappa shape index (κ1) is 13.6. The van der Waals surface area contributed by atoms with Crippen LogP contribution < -0.4 is 5.32 Å². The Morgan fingerprint density at radius 1 is 1.33 bits per heavy atom. The molecule has 0 heterocycles. The van der Waals surface area contributed by atoms with Gasteiger partial charge in [-0.25, -0.2) is 0 Å². The standard InChI is InChI=1S/C9H15N.C2H6/c1-5-7-8(3)9(6-2)10-4;1-2/h5-7,10H,1H2,2-4H3;1-2H3/b8-7-,9-6+;. The van der Waals surface area contributed by atoms with Crippen molar-refractivity contribution in [1.29, 1.82) is 0 Å². The molecule has 0 atom stereocenters. The molecular weight excluding hydrogens is 146 g/mol. The first-order valence-corrected chi connectivity index (χ1v) is 4.40. The molecule has 0 radical (unpaired) electrons. The number of rotatable bonds is 3. The number of allylic oxidation sites excluding steroid dienone is 4. The summed E-state index contributed by atoms with van der Waals surface area (Å²) in [7, 11) is 1.91. The summed E-state index contributed by atoms with van der Waals surface area (Å²) >= 11 is 0. The zero-order valence-electron chi connectivity index (χ0n) is 8.94. The van der Waals surface area contributed by atoms with E-state index in [9.17, 15) is 0 Å². The van der Waals surface area contributed by atoms with E-state index in [2.05, 4.69) is 11.9 Å². The molecule has 0 aliphatic carbocycles. The van der Waals surface area contributed by atoms with Gasteiger partial charge in [-0.15, -0.1) is 0 Å². The van der Waals surface area contributed by atoms with E-state index in [4.69, 9.17) is 0 Å². The van der Waals surface area contributed by atoms with E-state index in [1.54, 1.807) is 6.08 Å². The van der Waals surface area contributed by atoms with Crippen molar-refractivity contribution in [3.8, 4) is 0 Å². The van der Waals surface area contributed by atoms with Crippen molar-refractivity contribution in [3.63, 3.8) is 0 Å². The fourth-order valence-corrected chi connectivity index (χ4v) is 0.836. The van der Waals surface area contributed by atoms with Crippen molar-refractivity contribution in [3.05, 3.63) is 36.1 Å². The van der Waals surface area contributed by atoms with Crippen LogP contribution in [0.25, 0.3) is 0 Å². The molecule has 0 saturated carbocycles. The van der Waals surface area contributed by atoms with Crippen molar-refractivity contribution < 1.29 is 0 Å². The van der Waals surface area contributed by atoms with Crippen molar-refractivity contribution in [2.24, 2.45) is 0 Å². The second-order valence-electron chi connectivity index (χ2n) is 2.04. The lowest BCUT2D eigenvalue weighted by Crippen LogP contribution is -2.05. The van der Waals surface area contributed by atoms with Crippen molar-refractivity contribution in [2.45, 2.75) is 27.7 Å². The van der Waals surface area contributed by atoms with Crippen LogP contribution in [0.15, 0.2) is 36.1 Å². The molecule has 0 rings (SSSR count). The van der Waals surface area contributed by atoms with Gasteiger partial charge in [0.2, 0.25) is 0 Å². The third-order valence-electron chi connectivity index (χ3n) is 1.35. The summed E-state index contributed by atoms with van der Waals surface area (Å²) in [6.45, 7) is 11.7. The highest BCUT2D eigenvalue weighted by atomic mass is 14.8. The predicted molar refractivity (Wildman–Crippen MR) is 58.1 cm³/mol. The molecule has 0 bridgehead atoms. The lowest BCUT2D eigenvalue weighted by Gasteiger charge is -2.04. The van der Waals surface area contributed by atoms with Crippen LogP contribution in [0, 0.1) is 0 Å². The Bertz CT molecular complexity index is 164. The maximum atomic E-state index is 3.62. The molecule has 0 aliphatic heterocycles. The van der Waals surface area contributed by atoms with Gasteiger partial charge in [-0.3, -0.25) is 0 Å². The average Bonchev–Trinajstić information content (AvgIpc) is 2.11. The van der Waals surface area contributed by atoms with Gasteiger partial charge in [0.25, 0.3) is 0 Å². The van der Waals surface area contributed by atoms with E-state index in [-0.39, 0.29) is 0 Å². The highest BCUT2D eigenvalue weighted by Gasteiger charge is 1.90. The van der Waals surface area contributed by atoms with Crippen LogP contribution in [-0.4, -0.2) is 7.05 Å². The van der Waals surface area contributed by atoms with Crippen molar-refractivity contribution >= 4 is 0 Å². The minimum absolute atomic E-state index is 1.15. The Labute approximate surface area is 76.9 Å². The number of hydrogen-bond acceptors (Lipinski definition) is 1. The largest absolute Gasteiger partial charge is 0.388 e. The van der Waals surface area contributed by atoms with Gasteiger partial charge in [0.1, 0.15) is 0 Å². The second kappa shape index (κ2) is 10.0. The Balaban J connectivity index is 0. The zero-order valence-corrected chi connectivity index (χ0v) is 8.94. The minimum Gasteiger partial charge on any atom is -0.388 e. The summed E-state index contributed by atoms with van der Waals surface area (Å²) < 4.78 is 0. The van der Waals surface area contributed by atoms with Gasteiger partial charge < -0.3 is 5.32 Å². The molecule has 70 valence electrons. The average molecular weight is 167 g/mol. The molecule has 12 heavy (non-hydrogen) atoms. The van der Waals surface area contributed by atoms with Crippen LogP contribution in [0.1, 0.15) is 27.7 Å². The van der Waals surface area contributed by atoms with E-state index in [1.165, 1.54) is 5.57 Å². The molecule has 0 aromatic heterocycles. The molecule has 0 aromatic carbocycles. The Morgan fingerprint density at radius 3 is 2.08 bits per heavy atom. The predicted octanol–water partition coefficient (Wildman–Crippen LogP) is 3.27. The summed E-state index contributed by atoms with van der Waals surface area (Å²) in [5.41, 5.74) is 2.36. The van der Waals surface area contributed by atoms with Crippen molar-refractivity contribution in [1.82, 2.24) is 5.32 Å². The minimum atomic E-state index is 1.15. The van der Waals surface area contributed by atoms with E-state index in [0.717, 1.165) is 5.70 Å². The van der Waals surface area contributed by atoms with E-state index < -0.39 is 0 Å². The first-order valence-electron chi connectivity index (χ1n) is 4.40.